The lowest BCUT2D eigenvalue weighted by Gasteiger charge is -2.35. The number of hydrogen-bond acceptors (Lipinski definition) is 1. The maximum Gasteiger partial charge on any atom is 0.0139 e. The summed E-state index contributed by atoms with van der Waals surface area (Å²) in [6.45, 7) is 5.05. The molecule has 1 saturated heterocycles. The molecule has 0 spiro atoms. The van der Waals surface area contributed by atoms with Crippen molar-refractivity contribution in [2.75, 3.05) is 13.1 Å². The van der Waals surface area contributed by atoms with Crippen LogP contribution in [0, 0.1) is 5.92 Å². The van der Waals surface area contributed by atoms with E-state index in [1.807, 2.05) is 0 Å². The van der Waals surface area contributed by atoms with Gasteiger partial charge in [-0.15, -0.1) is 0 Å². The largest absolute Gasteiger partial charge is 0.300 e. The van der Waals surface area contributed by atoms with Gasteiger partial charge in [-0.3, -0.25) is 0 Å². The lowest BCUT2D eigenvalue weighted by atomic mass is 9.80. The standard InChI is InChI=1S/C15H23N/c1-12-4-5-14-11-15(7-6-13(14)10-12)16-8-2-3-9-16/h5,10,12,15H,2-4,6-9,11H2,1H3/t12-,15?/m1/s1. The predicted octanol–water partition coefficient (Wildman–Crippen LogP) is 3.53. The summed E-state index contributed by atoms with van der Waals surface area (Å²) in [5.41, 5.74) is 3.36. The monoisotopic (exact) mass is 217 g/mol. The third-order valence-electron chi connectivity index (χ3n) is 4.49. The molecule has 1 heteroatoms. The van der Waals surface area contributed by atoms with Gasteiger partial charge in [0.2, 0.25) is 0 Å². The Hall–Kier alpha value is -0.560. The molecule has 3 rings (SSSR count). The number of hydrogen-bond donors (Lipinski definition) is 0. The second-order valence-electron chi connectivity index (χ2n) is 5.77. The summed E-state index contributed by atoms with van der Waals surface area (Å²) in [6, 6.07) is 0.860. The molecule has 1 aliphatic heterocycles. The minimum atomic E-state index is 0.780. The van der Waals surface area contributed by atoms with Crippen molar-refractivity contribution in [1.29, 1.82) is 0 Å². The van der Waals surface area contributed by atoms with Crippen molar-refractivity contribution in [2.24, 2.45) is 5.92 Å². The topological polar surface area (TPSA) is 3.24 Å². The van der Waals surface area contributed by atoms with E-state index in [2.05, 4.69) is 24.0 Å². The van der Waals surface area contributed by atoms with Crippen molar-refractivity contribution >= 4 is 0 Å². The van der Waals surface area contributed by atoms with E-state index in [1.54, 1.807) is 11.1 Å². The lowest BCUT2D eigenvalue weighted by Crippen LogP contribution is -2.35. The molecule has 2 fully saturated rings. The average molecular weight is 217 g/mol. The van der Waals surface area contributed by atoms with Crippen LogP contribution in [0.1, 0.15) is 45.4 Å². The zero-order chi connectivity index (χ0) is 11.0. The molecule has 0 aromatic heterocycles. The first-order valence-electron chi connectivity index (χ1n) is 6.97. The fraction of sp³-hybridized carbons (Fsp3) is 0.733. The van der Waals surface area contributed by atoms with Gasteiger partial charge in [0.05, 0.1) is 0 Å². The van der Waals surface area contributed by atoms with Gasteiger partial charge in [-0.25, -0.2) is 0 Å². The molecule has 88 valence electrons. The smallest absolute Gasteiger partial charge is 0.0139 e. The highest BCUT2D eigenvalue weighted by Gasteiger charge is 2.28. The fourth-order valence-electron chi connectivity index (χ4n) is 3.53. The van der Waals surface area contributed by atoms with Crippen LogP contribution in [0.15, 0.2) is 23.3 Å². The maximum absolute atomic E-state index is 2.73. The Balaban J connectivity index is 1.69. The molecule has 0 amide bonds. The van der Waals surface area contributed by atoms with E-state index >= 15 is 0 Å². The Morgan fingerprint density at radius 3 is 2.81 bits per heavy atom. The number of rotatable bonds is 1. The van der Waals surface area contributed by atoms with Crippen LogP contribution in [-0.2, 0) is 0 Å². The number of allylic oxidation sites excluding steroid dienone is 3. The van der Waals surface area contributed by atoms with Crippen molar-refractivity contribution in [3.8, 4) is 0 Å². The van der Waals surface area contributed by atoms with Crippen LogP contribution in [0.3, 0.4) is 0 Å². The molecule has 0 aromatic rings. The van der Waals surface area contributed by atoms with Gasteiger partial charge in [-0.05, 0) is 68.7 Å². The predicted molar refractivity (Wildman–Crippen MR) is 68.4 cm³/mol. The van der Waals surface area contributed by atoms with E-state index in [-0.39, 0.29) is 0 Å². The summed E-state index contributed by atoms with van der Waals surface area (Å²) in [6.07, 6.45) is 13.2. The van der Waals surface area contributed by atoms with Gasteiger partial charge < -0.3 is 4.90 Å². The minimum absolute atomic E-state index is 0.780. The van der Waals surface area contributed by atoms with Crippen molar-refractivity contribution < 1.29 is 0 Å². The molecule has 16 heavy (non-hydrogen) atoms. The third kappa shape index (κ3) is 1.98. The van der Waals surface area contributed by atoms with Gasteiger partial charge in [-0.2, -0.15) is 0 Å². The first kappa shape index (κ1) is 10.6. The summed E-state index contributed by atoms with van der Waals surface area (Å²) in [7, 11) is 0. The number of nitrogens with zero attached hydrogens (tertiary/aromatic N) is 1. The van der Waals surface area contributed by atoms with Crippen LogP contribution in [0.5, 0.6) is 0 Å². The van der Waals surface area contributed by atoms with Gasteiger partial charge in [0.25, 0.3) is 0 Å². The van der Waals surface area contributed by atoms with Crippen molar-refractivity contribution in [3.63, 3.8) is 0 Å². The van der Waals surface area contributed by atoms with E-state index in [0.717, 1.165) is 12.0 Å². The Morgan fingerprint density at radius 1 is 1.19 bits per heavy atom. The van der Waals surface area contributed by atoms with Crippen molar-refractivity contribution in [3.05, 3.63) is 23.3 Å². The first-order chi connectivity index (χ1) is 7.83. The van der Waals surface area contributed by atoms with Gasteiger partial charge in [0.1, 0.15) is 0 Å². The molecule has 2 aliphatic carbocycles. The van der Waals surface area contributed by atoms with Crippen LogP contribution in [-0.4, -0.2) is 24.0 Å². The van der Waals surface area contributed by atoms with E-state index in [9.17, 15) is 0 Å². The normalized spacial score (nSPS) is 35.6. The summed E-state index contributed by atoms with van der Waals surface area (Å²) >= 11 is 0. The molecule has 0 aromatic carbocycles. The average Bonchev–Trinajstić information content (AvgIpc) is 2.82. The molecule has 1 unspecified atom stereocenters. The first-order valence-corrected chi connectivity index (χ1v) is 6.97. The zero-order valence-corrected chi connectivity index (χ0v) is 10.4. The van der Waals surface area contributed by atoms with Crippen LogP contribution in [0.4, 0.5) is 0 Å². The van der Waals surface area contributed by atoms with E-state index < -0.39 is 0 Å². The molecular weight excluding hydrogens is 194 g/mol. The van der Waals surface area contributed by atoms with Crippen LogP contribution < -0.4 is 0 Å². The quantitative estimate of drug-likeness (QED) is 0.649. The molecule has 0 radical (unpaired) electrons. The number of likely N-dealkylation sites (tertiary alicyclic amines) is 1. The van der Waals surface area contributed by atoms with Gasteiger partial charge >= 0.3 is 0 Å². The second-order valence-corrected chi connectivity index (χ2v) is 5.77. The number of fused-ring (bicyclic) bond motifs is 1. The summed E-state index contributed by atoms with van der Waals surface area (Å²) in [4.78, 5) is 2.73. The van der Waals surface area contributed by atoms with Gasteiger partial charge in [-0.1, -0.05) is 19.1 Å². The molecule has 2 atom stereocenters. The van der Waals surface area contributed by atoms with E-state index in [1.165, 1.54) is 51.6 Å². The molecule has 1 saturated carbocycles. The zero-order valence-electron chi connectivity index (χ0n) is 10.4. The van der Waals surface area contributed by atoms with E-state index in [0.29, 0.717) is 0 Å². The van der Waals surface area contributed by atoms with E-state index in [4.69, 9.17) is 0 Å². The maximum atomic E-state index is 2.73. The van der Waals surface area contributed by atoms with Crippen LogP contribution in [0.2, 0.25) is 0 Å². The molecular formula is C15H23N. The van der Waals surface area contributed by atoms with Crippen molar-refractivity contribution in [2.45, 2.75) is 51.5 Å². The van der Waals surface area contributed by atoms with Crippen molar-refractivity contribution in [1.82, 2.24) is 4.90 Å². The summed E-state index contributed by atoms with van der Waals surface area (Å²) in [5.74, 6) is 0.780. The summed E-state index contributed by atoms with van der Waals surface area (Å²) < 4.78 is 0. The van der Waals surface area contributed by atoms with Crippen LogP contribution >= 0.6 is 0 Å². The van der Waals surface area contributed by atoms with Gasteiger partial charge in [0.15, 0.2) is 0 Å². The Kier molecular flexibility index (Phi) is 2.89. The Bertz CT molecular complexity index is 320. The molecule has 0 N–H and O–H groups in total. The third-order valence-corrected chi connectivity index (χ3v) is 4.49. The second kappa shape index (κ2) is 4.37. The molecule has 0 bridgehead atoms. The van der Waals surface area contributed by atoms with Crippen LogP contribution in [0.25, 0.3) is 0 Å². The minimum Gasteiger partial charge on any atom is -0.300 e. The highest BCUT2D eigenvalue weighted by atomic mass is 15.2. The Morgan fingerprint density at radius 2 is 2.00 bits per heavy atom. The molecule has 1 heterocycles. The summed E-state index contributed by atoms with van der Waals surface area (Å²) in [5, 5.41) is 0. The fourth-order valence-corrected chi connectivity index (χ4v) is 3.53. The highest BCUT2D eigenvalue weighted by molar-refractivity contribution is 5.37. The van der Waals surface area contributed by atoms with Gasteiger partial charge in [0, 0.05) is 6.04 Å². The molecule has 1 nitrogen and oxygen atoms in total. The Labute approximate surface area is 99.2 Å². The highest BCUT2D eigenvalue weighted by Crippen LogP contribution is 2.36. The lowest BCUT2D eigenvalue weighted by molar-refractivity contribution is 0.220. The SMILES string of the molecule is C[C@H]1C=C2CCC(N3CCCC3)CC2=CC1. The molecule has 3 aliphatic rings.